The second kappa shape index (κ2) is 6.09. The van der Waals surface area contributed by atoms with Crippen LogP contribution >= 0.6 is 0 Å². The number of carboxylic acid groups (broad SMARTS) is 1. The Morgan fingerprint density at radius 1 is 1.06 bits per heavy atom. The number of pyridine rings is 1. The molecule has 0 aliphatic heterocycles. The molecule has 18 heavy (non-hydrogen) atoms. The van der Waals surface area contributed by atoms with E-state index in [1.807, 2.05) is 30.6 Å². The Morgan fingerprint density at radius 2 is 1.56 bits per heavy atom. The van der Waals surface area contributed by atoms with Crippen LogP contribution in [0, 0.1) is 0 Å². The summed E-state index contributed by atoms with van der Waals surface area (Å²) in [6.45, 7) is 0. The third-order valence-corrected chi connectivity index (χ3v) is 1.90. The Bertz CT molecular complexity index is 478. The first-order valence-electron chi connectivity index (χ1n) is 4.89. The van der Waals surface area contributed by atoms with Crippen molar-refractivity contribution in [2.24, 2.45) is 0 Å². The fraction of sp³-hybridized carbons (Fsp3) is 0. The van der Waals surface area contributed by atoms with E-state index in [0.717, 1.165) is 12.1 Å². The third kappa shape index (κ3) is 3.67. The SMILES string of the molecule is O=C(O)c1cc(O)c([O-])c(O)c1.c1cc[nH+]cc1. The molecule has 0 radical (unpaired) electrons. The molecule has 0 saturated heterocycles. The number of phenolic OH excluding ortho intramolecular Hbond substituents is 2. The van der Waals surface area contributed by atoms with E-state index in [-0.39, 0.29) is 5.56 Å². The minimum absolute atomic E-state index is 0.329. The summed E-state index contributed by atoms with van der Waals surface area (Å²) in [6, 6.07) is 7.42. The maximum atomic E-state index is 10.7. The lowest BCUT2D eigenvalue weighted by atomic mass is 10.2. The molecule has 1 aromatic heterocycles. The van der Waals surface area contributed by atoms with Crippen LogP contribution < -0.4 is 10.1 Å². The highest BCUT2D eigenvalue weighted by Crippen LogP contribution is 2.32. The molecule has 1 aromatic carbocycles. The summed E-state index contributed by atoms with van der Waals surface area (Å²) < 4.78 is 0. The van der Waals surface area contributed by atoms with Crippen molar-refractivity contribution in [2.45, 2.75) is 0 Å². The van der Waals surface area contributed by atoms with Crippen molar-refractivity contribution < 1.29 is 30.2 Å². The number of hydrogen-bond acceptors (Lipinski definition) is 4. The van der Waals surface area contributed by atoms with E-state index in [9.17, 15) is 9.90 Å². The van der Waals surface area contributed by atoms with Crippen molar-refractivity contribution in [3.63, 3.8) is 0 Å². The van der Waals surface area contributed by atoms with Gasteiger partial charge in [0.15, 0.2) is 12.4 Å². The molecule has 1 heterocycles. The highest BCUT2D eigenvalue weighted by molar-refractivity contribution is 5.89. The summed E-state index contributed by atoms with van der Waals surface area (Å²) in [5.74, 6) is -3.83. The zero-order valence-corrected chi connectivity index (χ0v) is 9.20. The van der Waals surface area contributed by atoms with E-state index in [4.69, 9.17) is 15.3 Å². The Kier molecular flexibility index (Phi) is 4.50. The van der Waals surface area contributed by atoms with Crippen LogP contribution in [0.15, 0.2) is 42.7 Å². The summed E-state index contributed by atoms with van der Waals surface area (Å²) in [5.41, 5.74) is -0.329. The molecule has 2 rings (SSSR count). The van der Waals surface area contributed by atoms with Crippen LogP contribution in [0.5, 0.6) is 17.2 Å². The minimum Gasteiger partial charge on any atom is -0.867 e. The van der Waals surface area contributed by atoms with Gasteiger partial charge < -0.3 is 20.4 Å². The van der Waals surface area contributed by atoms with Crippen LogP contribution in [0.2, 0.25) is 0 Å². The molecule has 0 amide bonds. The number of phenols is 2. The fourth-order valence-corrected chi connectivity index (χ4v) is 1.06. The van der Waals surface area contributed by atoms with Gasteiger partial charge >= 0.3 is 5.97 Å². The number of hydrogen-bond donors (Lipinski definition) is 3. The summed E-state index contributed by atoms with van der Waals surface area (Å²) in [4.78, 5) is 13.2. The number of benzene rings is 1. The third-order valence-electron chi connectivity index (χ3n) is 1.90. The van der Waals surface area contributed by atoms with Crippen molar-refractivity contribution >= 4 is 5.97 Å². The van der Waals surface area contributed by atoms with Crippen LogP contribution in [0.25, 0.3) is 0 Å². The largest absolute Gasteiger partial charge is 0.867 e. The quantitative estimate of drug-likeness (QED) is 0.675. The standard InChI is InChI=1S/C7H6O5.C5H5N/c8-4-1-3(7(11)12)2-5(9)6(4)10;1-2-4-6-5-3-1/h1-2,8-10H,(H,11,12);1-5H. The zero-order chi connectivity index (χ0) is 13.5. The molecule has 6 heteroatoms. The van der Waals surface area contributed by atoms with Crippen LogP contribution in [-0.2, 0) is 0 Å². The van der Waals surface area contributed by atoms with Crippen LogP contribution in [-0.4, -0.2) is 21.3 Å². The van der Waals surface area contributed by atoms with E-state index in [2.05, 4.69) is 4.98 Å². The molecule has 0 bridgehead atoms. The van der Waals surface area contributed by atoms with Crippen molar-refractivity contribution in [1.29, 1.82) is 0 Å². The number of aromatic amines is 1. The molecule has 0 spiro atoms. The smallest absolute Gasteiger partial charge is 0.335 e. The average Bonchev–Trinajstić information content (AvgIpc) is 2.38. The van der Waals surface area contributed by atoms with Gasteiger partial charge in [-0.25, -0.2) is 9.78 Å². The Balaban J connectivity index is 0.000000225. The predicted molar refractivity (Wildman–Crippen MR) is 59.2 cm³/mol. The van der Waals surface area contributed by atoms with Gasteiger partial charge in [-0.15, -0.1) is 0 Å². The van der Waals surface area contributed by atoms with Gasteiger partial charge in [-0.05, 0) is 17.9 Å². The zero-order valence-electron chi connectivity index (χ0n) is 9.20. The van der Waals surface area contributed by atoms with E-state index < -0.39 is 23.2 Å². The van der Waals surface area contributed by atoms with Gasteiger partial charge in [0.1, 0.15) is 11.5 Å². The first-order chi connectivity index (χ1) is 8.52. The van der Waals surface area contributed by atoms with Gasteiger partial charge in [0.25, 0.3) is 0 Å². The molecule has 94 valence electrons. The second-order valence-electron chi connectivity index (χ2n) is 3.23. The van der Waals surface area contributed by atoms with Gasteiger partial charge in [-0.1, -0.05) is 6.07 Å². The number of carbonyl (C=O) groups is 1. The van der Waals surface area contributed by atoms with E-state index in [0.29, 0.717) is 0 Å². The number of H-pyrrole nitrogens is 1. The molecule has 4 N–H and O–H groups in total. The summed E-state index contributed by atoms with van der Waals surface area (Å²) in [5, 5.41) is 36.6. The maximum absolute atomic E-state index is 10.7. The number of aromatic carboxylic acids is 1. The molecular weight excluding hydrogens is 238 g/mol. The number of carboxylic acids is 1. The molecule has 0 fully saturated rings. The van der Waals surface area contributed by atoms with E-state index in [1.54, 1.807) is 0 Å². The van der Waals surface area contributed by atoms with E-state index >= 15 is 0 Å². The Hall–Kier alpha value is -2.76. The molecule has 0 aliphatic rings. The van der Waals surface area contributed by atoms with Crippen molar-refractivity contribution in [3.05, 3.63) is 48.3 Å². The van der Waals surface area contributed by atoms with Crippen LogP contribution in [0.4, 0.5) is 0 Å². The normalized spacial score (nSPS) is 9.11. The summed E-state index contributed by atoms with van der Waals surface area (Å²) in [6.07, 6.45) is 3.75. The number of rotatable bonds is 1. The van der Waals surface area contributed by atoms with Crippen LogP contribution in [0.1, 0.15) is 10.4 Å². The van der Waals surface area contributed by atoms with Gasteiger partial charge in [-0.2, -0.15) is 0 Å². The highest BCUT2D eigenvalue weighted by Gasteiger charge is 2.07. The monoisotopic (exact) mass is 249 g/mol. The topological polar surface area (TPSA) is 115 Å². The predicted octanol–water partition coefficient (Wildman–Crippen LogP) is 0.370. The van der Waals surface area contributed by atoms with Gasteiger partial charge in [0, 0.05) is 12.1 Å². The molecular formula is C12H11NO5. The van der Waals surface area contributed by atoms with Gasteiger partial charge in [-0.3, -0.25) is 0 Å². The van der Waals surface area contributed by atoms with Crippen molar-refractivity contribution in [3.8, 4) is 17.2 Å². The second-order valence-corrected chi connectivity index (χ2v) is 3.23. The molecule has 6 nitrogen and oxygen atoms in total. The molecule has 0 aliphatic carbocycles. The molecule has 0 atom stereocenters. The number of nitrogens with one attached hydrogen (secondary N) is 1. The lowest BCUT2D eigenvalue weighted by Gasteiger charge is -2.10. The number of aromatic nitrogens is 1. The first-order valence-corrected chi connectivity index (χ1v) is 4.89. The van der Waals surface area contributed by atoms with E-state index in [1.165, 1.54) is 0 Å². The van der Waals surface area contributed by atoms with Gasteiger partial charge in [0.2, 0.25) is 0 Å². The van der Waals surface area contributed by atoms with Crippen molar-refractivity contribution in [2.75, 3.05) is 0 Å². The first kappa shape index (κ1) is 13.3. The molecule has 0 unspecified atom stereocenters. The molecule has 0 saturated carbocycles. The highest BCUT2D eigenvalue weighted by atomic mass is 16.4. The Morgan fingerprint density at radius 3 is 1.83 bits per heavy atom. The fourth-order valence-electron chi connectivity index (χ4n) is 1.06. The summed E-state index contributed by atoms with van der Waals surface area (Å²) in [7, 11) is 0. The maximum Gasteiger partial charge on any atom is 0.335 e. The molecule has 2 aromatic rings. The van der Waals surface area contributed by atoms with Crippen molar-refractivity contribution in [1.82, 2.24) is 0 Å². The summed E-state index contributed by atoms with van der Waals surface area (Å²) >= 11 is 0. The van der Waals surface area contributed by atoms with Crippen LogP contribution in [0.3, 0.4) is 0 Å². The lowest BCUT2D eigenvalue weighted by Crippen LogP contribution is -1.98. The number of aromatic hydroxyl groups is 2. The van der Waals surface area contributed by atoms with Gasteiger partial charge in [0.05, 0.1) is 5.56 Å². The average molecular weight is 249 g/mol. The lowest BCUT2D eigenvalue weighted by molar-refractivity contribution is -0.377. The minimum atomic E-state index is -1.32. The Labute approximate surface area is 102 Å².